The highest BCUT2D eigenvalue weighted by atomic mass is 32.2. The molecule has 1 unspecified atom stereocenters. The number of halogens is 1. The van der Waals surface area contributed by atoms with E-state index in [1.807, 2.05) is 0 Å². The Labute approximate surface area is 155 Å². The van der Waals surface area contributed by atoms with Gasteiger partial charge in [-0.2, -0.15) is 4.72 Å². The molecule has 1 N–H and O–H groups in total. The largest absolute Gasteiger partial charge is 0.269 e. The predicted octanol–water partition coefficient (Wildman–Crippen LogP) is 3.80. The molecule has 0 aliphatic rings. The van der Waals surface area contributed by atoms with E-state index in [4.69, 9.17) is 0 Å². The van der Waals surface area contributed by atoms with Gasteiger partial charge in [0.2, 0.25) is 10.0 Å². The first-order valence-corrected chi connectivity index (χ1v) is 9.42. The van der Waals surface area contributed by atoms with E-state index < -0.39 is 26.8 Å². The molecule has 3 aromatic carbocycles. The molecule has 0 fully saturated rings. The number of nitro groups is 1. The summed E-state index contributed by atoms with van der Waals surface area (Å²) in [5.41, 5.74) is 1.04. The summed E-state index contributed by atoms with van der Waals surface area (Å²) in [6.07, 6.45) is 0. The van der Waals surface area contributed by atoms with Gasteiger partial charge >= 0.3 is 0 Å². The second-order valence-electron chi connectivity index (χ2n) is 5.77. The van der Waals surface area contributed by atoms with Crippen LogP contribution in [0, 0.1) is 15.9 Å². The zero-order chi connectivity index (χ0) is 19.4. The van der Waals surface area contributed by atoms with Crippen LogP contribution in [0.2, 0.25) is 0 Å². The summed E-state index contributed by atoms with van der Waals surface area (Å²) in [6, 6.07) is 18.2. The van der Waals surface area contributed by atoms with E-state index in [0.717, 1.165) is 12.1 Å². The van der Waals surface area contributed by atoms with Crippen molar-refractivity contribution in [1.82, 2.24) is 4.72 Å². The molecular formula is C19H15FN2O4S. The van der Waals surface area contributed by atoms with Gasteiger partial charge in [0.15, 0.2) is 0 Å². The van der Waals surface area contributed by atoms with Crippen molar-refractivity contribution in [3.05, 3.63) is 106 Å². The minimum atomic E-state index is -3.97. The van der Waals surface area contributed by atoms with E-state index in [1.54, 1.807) is 30.3 Å². The van der Waals surface area contributed by atoms with E-state index in [1.165, 1.54) is 36.4 Å². The minimum absolute atomic E-state index is 0.101. The SMILES string of the molecule is O=[N+]([O-])c1ccc(S(=O)(=O)NC(c2ccccc2)c2ccc(F)cc2)cc1. The Morgan fingerprint density at radius 1 is 0.852 bits per heavy atom. The molecule has 0 aliphatic heterocycles. The van der Waals surface area contributed by atoms with E-state index >= 15 is 0 Å². The second kappa shape index (κ2) is 7.65. The third-order valence-electron chi connectivity index (χ3n) is 3.97. The van der Waals surface area contributed by atoms with Gasteiger partial charge in [0, 0.05) is 12.1 Å². The number of benzene rings is 3. The van der Waals surface area contributed by atoms with Crippen LogP contribution in [0.15, 0.2) is 83.8 Å². The van der Waals surface area contributed by atoms with Crippen LogP contribution in [0.25, 0.3) is 0 Å². The molecule has 0 spiro atoms. The number of sulfonamides is 1. The van der Waals surface area contributed by atoms with Crippen molar-refractivity contribution in [2.24, 2.45) is 0 Å². The topological polar surface area (TPSA) is 89.3 Å². The third kappa shape index (κ3) is 4.36. The van der Waals surface area contributed by atoms with Crippen LogP contribution in [-0.2, 0) is 10.0 Å². The third-order valence-corrected chi connectivity index (χ3v) is 5.41. The minimum Gasteiger partial charge on any atom is -0.258 e. The van der Waals surface area contributed by atoms with Crippen LogP contribution in [0.4, 0.5) is 10.1 Å². The summed E-state index contributed by atoms with van der Waals surface area (Å²) < 4.78 is 41.4. The van der Waals surface area contributed by atoms with Crippen molar-refractivity contribution >= 4 is 15.7 Å². The molecule has 1 atom stereocenters. The molecular weight excluding hydrogens is 371 g/mol. The molecule has 0 heterocycles. The van der Waals surface area contributed by atoms with Crippen molar-refractivity contribution in [3.8, 4) is 0 Å². The fourth-order valence-electron chi connectivity index (χ4n) is 2.60. The molecule has 3 aromatic rings. The van der Waals surface area contributed by atoms with Gasteiger partial charge in [0.05, 0.1) is 15.9 Å². The lowest BCUT2D eigenvalue weighted by molar-refractivity contribution is -0.384. The van der Waals surface area contributed by atoms with E-state index in [9.17, 15) is 22.9 Å². The predicted molar refractivity (Wildman–Crippen MR) is 98.1 cm³/mol. The number of hydrogen-bond donors (Lipinski definition) is 1. The molecule has 3 rings (SSSR count). The Bertz CT molecular complexity index is 1040. The van der Waals surface area contributed by atoms with Crippen LogP contribution in [-0.4, -0.2) is 13.3 Å². The zero-order valence-electron chi connectivity index (χ0n) is 13.9. The van der Waals surface area contributed by atoms with Gasteiger partial charge in [-0.15, -0.1) is 0 Å². The number of nitro benzene ring substituents is 1. The van der Waals surface area contributed by atoms with Crippen molar-refractivity contribution in [3.63, 3.8) is 0 Å². The standard InChI is InChI=1S/C19H15FN2O4S/c20-16-8-6-15(7-9-16)19(14-4-2-1-3-5-14)21-27(25,26)18-12-10-17(11-13-18)22(23)24/h1-13,19,21H. The monoisotopic (exact) mass is 386 g/mol. The molecule has 0 aliphatic carbocycles. The first-order chi connectivity index (χ1) is 12.9. The van der Waals surface area contributed by atoms with Crippen molar-refractivity contribution in [1.29, 1.82) is 0 Å². The number of rotatable bonds is 6. The van der Waals surface area contributed by atoms with Gasteiger partial charge in [-0.05, 0) is 35.4 Å². The zero-order valence-corrected chi connectivity index (χ0v) is 14.8. The first kappa shape index (κ1) is 18.7. The van der Waals surface area contributed by atoms with Crippen LogP contribution in [0.1, 0.15) is 17.2 Å². The Kier molecular flexibility index (Phi) is 5.29. The molecule has 138 valence electrons. The summed E-state index contributed by atoms with van der Waals surface area (Å²) in [5.74, 6) is -0.427. The summed E-state index contributed by atoms with van der Waals surface area (Å²) in [6.45, 7) is 0. The Morgan fingerprint density at radius 3 is 1.96 bits per heavy atom. The Balaban J connectivity index is 1.98. The van der Waals surface area contributed by atoms with Gasteiger partial charge in [0.25, 0.3) is 5.69 Å². The number of nitrogens with zero attached hydrogens (tertiary/aromatic N) is 1. The maximum atomic E-state index is 13.3. The average Bonchev–Trinajstić information content (AvgIpc) is 2.68. The van der Waals surface area contributed by atoms with Gasteiger partial charge in [-0.1, -0.05) is 42.5 Å². The first-order valence-electron chi connectivity index (χ1n) is 7.94. The molecule has 0 aromatic heterocycles. The average molecular weight is 386 g/mol. The fraction of sp³-hybridized carbons (Fsp3) is 0.0526. The van der Waals surface area contributed by atoms with Gasteiger partial charge in [-0.3, -0.25) is 10.1 Å². The normalized spacial score (nSPS) is 12.5. The van der Waals surface area contributed by atoms with Crippen LogP contribution >= 0.6 is 0 Å². The highest BCUT2D eigenvalue weighted by Crippen LogP contribution is 2.25. The molecule has 8 heteroatoms. The molecule has 0 radical (unpaired) electrons. The molecule has 6 nitrogen and oxygen atoms in total. The quantitative estimate of drug-likeness (QED) is 0.515. The van der Waals surface area contributed by atoms with Gasteiger partial charge in [0.1, 0.15) is 5.82 Å². The van der Waals surface area contributed by atoms with Crippen LogP contribution in [0.3, 0.4) is 0 Å². The fourth-order valence-corrected chi connectivity index (χ4v) is 3.81. The van der Waals surface area contributed by atoms with E-state index in [-0.39, 0.29) is 10.6 Å². The van der Waals surface area contributed by atoms with Crippen molar-refractivity contribution in [2.45, 2.75) is 10.9 Å². The van der Waals surface area contributed by atoms with Crippen LogP contribution in [0.5, 0.6) is 0 Å². The summed E-state index contributed by atoms with van der Waals surface area (Å²) in [4.78, 5) is 10.0. The molecule has 0 bridgehead atoms. The molecule has 27 heavy (non-hydrogen) atoms. The number of nitrogens with one attached hydrogen (secondary N) is 1. The summed E-state index contributed by atoms with van der Waals surface area (Å²) >= 11 is 0. The van der Waals surface area contributed by atoms with E-state index in [0.29, 0.717) is 11.1 Å². The lowest BCUT2D eigenvalue weighted by atomic mass is 10.00. The second-order valence-corrected chi connectivity index (χ2v) is 7.48. The lowest BCUT2D eigenvalue weighted by Gasteiger charge is -2.20. The Morgan fingerprint density at radius 2 is 1.41 bits per heavy atom. The lowest BCUT2D eigenvalue weighted by Crippen LogP contribution is -2.29. The highest BCUT2D eigenvalue weighted by molar-refractivity contribution is 7.89. The number of non-ortho nitro benzene ring substituents is 1. The van der Waals surface area contributed by atoms with E-state index in [2.05, 4.69) is 4.72 Å². The van der Waals surface area contributed by atoms with Crippen LogP contribution < -0.4 is 4.72 Å². The summed E-state index contributed by atoms with van der Waals surface area (Å²) in [5, 5.41) is 10.7. The molecule has 0 saturated heterocycles. The smallest absolute Gasteiger partial charge is 0.258 e. The maximum absolute atomic E-state index is 13.3. The maximum Gasteiger partial charge on any atom is 0.269 e. The van der Waals surface area contributed by atoms with Gasteiger partial charge in [-0.25, -0.2) is 12.8 Å². The van der Waals surface area contributed by atoms with Gasteiger partial charge < -0.3 is 0 Å². The number of hydrogen-bond acceptors (Lipinski definition) is 4. The molecule has 0 amide bonds. The van der Waals surface area contributed by atoms with Crippen molar-refractivity contribution in [2.75, 3.05) is 0 Å². The summed E-state index contributed by atoms with van der Waals surface area (Å²) in [7, 11) is -3.97. The Hall–Kier alpha value is -3.10. The molecule has 0 saturated carbocycles. The highest BCUT2D eigenvalue weighted by Gasteiger charge is 2.23. The van der Waals surface area contributed by atoms with Crippen molar-refractivity contribution < 1.29 is 17.7 Å².